The molecular formula is C43H34N2O2. The van der Waals surface area contributed by atoms with Gasteiger partial charge < -0.3 is 8.83 Å². The summed E-state index contributed by atoms with van der Waals surface area (Å²) in [6.07, 6.45) is 0. The molecule has 0 saturated heterocycles. The first kappa shape index (κ1) is 25.6. The van der Waals surface area contributed by atoms with Crippen LogP contribution in [0.15, 0.2) is 130 Å². The zero-order valence-electron chi connectivity index (χ0n) is 28.8. The van der Waals surface area contributed by atoms with E-state index in [4.69, 9.17) is 13.8 Å². The van der Waals surface area contributed by atoms with Gasteiger partial charge in [-0.05, 0) is 82.6 Å². The number of nitrogens with zero attached hydrogens (tertiary/aromatic N) is 2. The van der Waals surface area contributed by atoms with E-state index in [1.165, 1.54) is 0 Å². The van der Waals surface area contributed by atoms with E-state index in [-0.39, 0.29) is 0 Å². The predicted molar refractivity (Wildman–Crippen MR) is 195 cm³/mol. The predicted octanol–water partition coefficient (Wildman–Crippen LogP) is 12.4. The van der Waals surface area contributed by atoms with Crippen molar-refractivity contribution in [1.29, 1.82) is 0 Å². The minimum absolute atomic E-state index is 0.698. The van der Waals surface area contributed by atoms with Crippen LogP contribution in [-0.4, -0.2) is 9.55 Å². The quantitative estimate of drug-likeness (QED) is 0.194. The van der Waals surface area contributed by atoms with E-state index >= 15 is 0 Å². The fourth-order valence-corrected chi connectivity index (χ4v) is 7.06. The van der Waals surface area contributed by atoms with Gasteiger partial charge in [0.15, 0.2) is 0 Å². The van der Waals surface area contributed by atoms with Crippen molar-refractivity contribution in [3.63, 3.8) is 0 Å². The largest absolute Gasteiger partial charge is 0.456 e. The molecular weight excluding hydrogens is 576 g/mol. The molecule has 0 spiro atoms. The minimum atomic E-state index is -0.995. The number of fused-ring (bicyclic) bond motifs is 7. The molecule has 0 amide bonds. The van der Waals surface area contributed by atoms with Gasteiger partial charge in [0, 0.05) is 24.3 Å². The fraction of sp³-hybridized carbons (Fsp3) is 0.140. The van der Waals surface area contributed by atoms with E-state index in [1.807, 2.05) is 88.4 Å². The average molecular weight is 613 g/mol. The number of benzene rings is 6. The molecule has 0 bridgehead atoms. The van der Waals surface area contributed by atoms with E-state index in [2.05, 4.69) is 65.2 Å². The molecule has 0 aliphatic heterocycles. The zero-order valence-corrected chi connectivity index (χ0v) is 26.8. The third kappa shape index (κ3) is 4.25. The summed E-state index contributed by atoms with van der Waals surface area (Å²) in [5.41, 5.74) is 10.2. The highest BCUT2D eigenvalue weighted by molar-refractivity contribution is 6.16. The molecule has 0 atom stereocenters. The van der Waals surface area contributed by atoms with Crippen molar-refractivity contribution in [3.05, 3.63) is 132 Å². The Morgan fingerprint density at radius 2 is 1.21 bits per heavy atom. The van der Waals surface area contributed by atoms with Crippen LogP contribution in [0.3, 0.4) is 0 Å². The fourth-order valence-electron chi connectivity index (χ4n) is 7.06. The van der Waals surface area contributed by atoms with Gasteiger partial charge in [0.1, 0.15) is 28.2 Å². The molecule has 3 heterocycles. The summed E-state index contributed by atoms with van der Waals surface area (Å²) < 4.78 is 34.1. The Bertz CT molecular complexity index is 2700. The SMILES string of the molecule is [2H]C(C)(C)c1cc(-c2ccccc2)cc(C([2H])(C)C)c1-n1c(-c2cccc3c2oc2cc4c(cc23)oc2ccccc24)nc2ccccc21. The normalized spacial score (nSPS) is 13.3. The molecule has 9 aromatic rings. The van der Waals surface area contributed by atoms with Crippen LogP contribution < -0.4 is 0 Å². The lowest BCUT2D eigenvalue weighted by Crippen LogP contribution is -2.09. The molecule has 0 N–H and O–H groups in total. The van der Waals surface area contributed by atoms with Crippen molar-refractivity contribution in [3.8, 4) is 28.2 Å². The topological polar surface area (TPSA) is 44.1 Å². The second-order valence-electron chi connectivity index (χ2n) is 12.8. The van der Waals surface area contributed by atoms with Crippen molar-refractivity contribution in [2.75, 3.05) is 0 Å². The molecule has 4 heteroatoms. The summed E-state index contributed by atoms with van der Waals surface area (Å²) in [6, 6.07) is 40.9. The molecule has 9 rings (SSSR count). The van der Waals surface area contributed by atoms with Gasteiger partial charge in [-0.15, -0.1) is 0 Å². The van der Waals surface area contributed by atoms with Crippen LogP contribution >= 0.6 is 0 Å². The third-order valence-electron chi connectivity index (χ3n) is 9.32. The van der Waals surface area contributed by atoms with Crippen molar-refractivity contribution in [2.24, 2.45) is 0 Å². The molecule has 3 aromatic heterocycles. The molecule has 0 saturated carbocycles. The van der Waals surface area contributed by atoms with Gasteiger partial charge in [-0.25, -0.2) is 4.98 Å². The molecule has 4 nitrogen and oxygen atoms in total. The maximum absolute atomic E-state index is 9.45. The molecule has 0 unspecified atom stereocenters. The number of rotatable bonds is 5. The first-order valence-electron chi connectivity index (χ1n) is 17.1. The number of hydrogen-bond donors (Lipinski definition) is 0. The zero-order chi connectivity index (χ0) is 33.7. The van der Waals surface area contributed by atoms with Crippen LogP contribution in [0.4, 0.5) is 0 Å². The molecule has 228 valence electrons. The van der Waals surface area contributed by atoms with Crippen molar-refractivity contribution in [1.82, 2.24) is 9.55 Å². The smallest absolute Gasteiger partial charge is 0.149 e. The lowest BCUT2D eigenvalue weighted by Gasteiger charge is -2.24. The van der Waals surface area contributed by atoms with Crippen LogP contribution in [0.1, 0.15) is 53.4 Å². The maximum Gasteiger partial charge on any atom is 0.149 e. The van der Waals surface area contributed by atoms with Gasteiger partial charge in [-0.3, -0.25) is 4.57 Å². The van der Waals surface area contributed by atoms with Gasteiger partial charge in [-0.1, -0.05) is 100 Å². The van der Waals surface area contributed by atoms with E-state index in [1.54, 1.807) is 0 Å². The standard InChI is InChI=1S/C43H34N2O2/c1-25(2)32-21-28(27-13-6-5-7-14-27)22-33(26(3)4)41(32)45-37-19-10-9-18-36(37)44-43(45)31-17-12-16-30-35-24-39-34(23-40(35)47-42(30)31)29-15-8-11-20-38(29)46-39/h5-26H,1-4H3/i25D,26D. The van der Waals surface area contributed by atoms with E-state index in [0.29, 0.717) is 5.82 Å². The van der Waals surface area contributed by atoms with Gasteiger partial charge in [0.05, 0.1) is 22.3 Å². The summed E-state index contributed by atoms with van der Waals surface area (Å²) in [5.74, 6) is -1.29. The van der Waals surface area contributed by atoms with E-state index in [0.717, 1.165) is 88.4 Å². The highest BCUT2D eigenvalue weighted by Gasteiger charge is 2.25. The molecule has 0 aliphatic carbocycles. The van der Waals surface area contributed by atoms with E-state index < -0.39 is 11.8 Å². The van der Waals surface area contributed by atoms with Gasteiger partial charge in [0.25, 0.3) is 0 Å². The second kappa shape index (κ2) is 10.5. The van der Waals surface area contributed by atoms with Crippen molar-refractivity contribution < 1.29 is 11.6 Å². The number of furan rings is 2. The average Bonchev–Trinajstić information content (AvgIpc) is 3.77. The first-order chi connectivity index (χ1) is 23.6. The molecule has 0 aliphatic rings. The Balaban J connectivity index is 1.37. The number of aromatic nitrogens is 2. The minimum Gasteiger partial charge on any atom is -0.456 e. The van der Waals surface area contributed by atoms with Gasteiger partial charge in [-0.2, -0.15) is 0 Å². The Morgan fingerprint density at radius 3 is 1.98 bits per heavy atom. The highest BCUT2D eigenvalue weighted by atomic mass is 16.3. The van der Waals surface area contributed by atoms with Gasteiger partial charge in [0.2, 0.25) is 0 Å². The summed E-state index contributed by atoms with van der Waals surface area (Å²) in [7, 11) is 0. The summed E-state index contributed by atoms with van der Waals surface area (Å²) in [4.78, 5) is 5.25. The van der Waals surface area contributed by atoms with Crippen molar-refractivity contribution >= 4 is 54.9 Å². The Labute approximate surface area is 275 Å². The van der Waals surface area contributed by atoms with Crippen LogP contribution in [0.25, 0.3) is 83.1 Å². The van der Waals surface area contributed by atoms with E-state index in [9.17, 15) is 2.74 Å². The van der Waals surface area contributed by atoms with Crippen LogP contribution in [0.5, 0.6) is 0 Å². The third-order valence-corrected chi connectivity index (χ3v) is 9.32. The monoisotopic (exact) mass is 612 g/mol. The van der Waals surface area contributed by atoms with Crippen LogP contribution in [0, 0.1) is 0 Å². The number of imidazole rings is 1. The van der Waals surface area contributed by atoms with Crippen molar-refractivity contribution in [2.45, 2.75) is 39.5 Å². The summed E-state index contributed by atoms with van der Waals surface area (Å²) >= 11 is 0. The molecule has 6 aromatic carbocycles. The Hall–Kier alpha value is -5.61. The number of hydrogen-bond acceptors (Lipinski definition) is 3. The molecule has 0 fully saturated rings. The second-order valence-corrected chi connectivity index (χ2v) is 12.8. The summed E-state index contributed by atoms with van der Waals surface area (Å²) in [5, 5.41) is 4.00. The first-order valence-corrected chi connectivity index (χ1v) is 16.1. The maximum atomic E-state index is 9.45. The van der Waals surface area contributed by atoms with Gasteiger partial charge >= 0.3 is 0 Å². The lowest BCUT2D eigenvalue weighted by atomic mass is 9.88. The van der Waals surface area contributed by atoms with Crippen LogP contribution in [-0.2, 0) is 0 Å². The molecule has 0 radical (unpaired) electrons. The lowest BCUT2D eigenvalue weighted by molar-refractivity contribution is 0.664. The van der Waals surface area contributed by atoms with Crippen LogP contribution in [0.2, 0.25) is 0 Å². The Morgan fingerprint density at radius 1 is 0.574 bits per heavy atom. The molecule has 47 heavy (non-hydrogen) atoms. The summed E-state index contributed by atoms with van der Waals surface area (Å²) in [6.45, 7) is 7.66. The number of para-hydroxylation sites is 4. The highest BCUT2D eigenvalue weighted by Crippen LogP contribution is 2.43. The Kier molecular flexibility index (Phi) is 5.69.